The third-order valence-corrected chi connectivity index (χ3v) is 4.48. The number of hydrogen-bond donors (Lipinski definition) is 2. The minimum Gasteiger partial charge on any atom is -0.481 e. The highest BCUT2D eigenvalue weighted by molar-refractivity contribution is 6.30. The fourth-order valence-corrected chi connectivity index (χ4v) is 2.88. The molecule has 5 nitrogen and oxygen atoms in total. The summed E-state index contributed by atoms with van der Waals surface area (Å²) in [4.78, 5) is 23.6. The van der Waals surface area contributed by atoms with Crippen LogP contribution in [0.25, 0.3) is 11.3 Å². The van der Waals surface area contributed by atoms with E-state index in [2.05, 4.69) is 5.43 Å². The predicted octanol–water partition coefficient (Wildman–Crippen LogP) is 4.52. The van der Waals surface area contributed by atoms with E-state index >= 15 is 0 Å². The van der Waals surface area contributed by atoms with Crippen molar-refractivity contribution in [3.63, 3.8) is 0 Å². The number of aromatic nitrogens is 1. The van der Waals surface area contributed by atoms with Gasteiger partial charge in [-0.25, -0.2) is 0 Å². The summed E-state index contributed by atoms with van der Waals surface area (Å²) >= 11 is 5.88. The van der Waals surface area contributed by atoms with Gasteiger partial charge in [0.25, 0.3) is 5.91 Å². The van der Waals surface area contributed by atoms with E-state index in [9.17, 15) is 9.59 Å². The quantitative estimate of drug-likeness (QED) is 0.658. The second-order valence-corrected chi connectivity index (χ2v) is 6.69. The molecule has 0 saturated heterocycles. The van der Waals surface area contributed by atoms with Crippen LogP contribution in [0.5, 0.6) is 0 Å². The van der Waals surface area contributed by atoms with E-state index < -0.39 is 5.97 Å². The van der Waals surface area contributed by atoms with Crippen LogP contribution in [0.15, 0.2) is 60.7 Å². The van der Waals surface area contributed by atoms with Crippen molar-refractivity contribution in [1.29, 1.82) is 0 Å². The maximum Gasteiger partial charge on any atom is 0.303 e. The first-order chi connectivity index (χ1) is 12.9. The number of halogens is 1. The Balaban J connectivity index is 1.95. The van der Waals surface area contributed by atoms with Gasteiger partial charge in [0, 0.05) is 28.3 Å². The van der Waals surface area contributed by atoms with Crippen LogP contribution in [0.4, 0.5) is 0 Å². The minimum absolute atomic E-state index is 0.0197. The average Bonchev–Trinajstić information content (AvgIpc) is 3.03. The first-order valence-electron chi connectivity index (χ1n) is 8.50. The number of carboxylic acids is 1. The zero-order valence-corrected chi connectivity index (χ0v) is 15.5. The van der Waals surface area contributed by atoms with Crippen LogP contribution >= 0.6 is 11.6 Å². The maximum atomic E-state index is 12.7. The third kappa shape index (κ3) is 4.57. The molecule has 0 unspecified atom stereocenters. The molecule has 2 aromatic carbocycles. The number of hydrogen-bond acceptors (Lipinski definition) is 2. The standard InChI is InChI=1S/C21H19ClN2O3/c1-14-2-4-15(5-3-14)19-12-10-18(11-13-20(25)26)24(19)23-21(27)16-6-8-17(22)9-7-16/h2-10,12H,11,13H2,1H3,(H,23,27)(H,25,26). The fourth-order valence-electron chi connectivity index (χ4n) is 2.76. The van der Waals surface area contributed by atoms with Crippen LogP contribution < -0.4 is 5.43 Å². The number of carbonyl (C=O) groups is 2. The number of carbonyl (C=O) groups excluding carboxylic acids is 1. The van der Waals surface area contributed by atoms with Crippen LogP contribution in [-0.4, -0.2) is 21.7 Å². The first-order valence-corrected chi connectivity index (χ1v) is 8.88. The van der Waals surface area contributed by atoms with Crippen LogP contribution in [0.3, 0.4) is 0 Å². The molecule has 3 rings (SSSR count). The molecule has 0 spiro atoms. The smallest absolute Gasteiger partial charge is 0.303 e. The summed E-state index contributed by atoms with van der Waals surface area (Å²) in [5, 5.41) is 9.55. The van der Waals surface area contributed by atoms with Gasteiger partial charge in [0.15, 0.2) is 0 Å². The molecule has 138 valence electrons. The van der Waals surface area contributed by atoms with Crippen LogP contribution in [0.2, 0.25) is 5.02 Å². The lowest BCUT2D eigenvalue weighted by molar-refractivity contribution is -0.136. The molecule has 0 saturated carbocycles. The van der Waals surface area contributed by atoms with E-state index in [-0.39, 0.29) is 12.3 Å². The lowest BCUT2D eigenvalue weighted by Crippen LogP contribution is -2.25. The topological polar surface area (TPSA) is 71.3 Å². The zero-order valence-electron chi connectivity index (χ0n) is 14.8. The van der Waals surface area contributed by atoms with Gasteiger partial charge in [-0.2, -0.15) is 0 Å². The molecule has 0 atom stereocenters. The monoisotopic (exact) mass is 382 g/mol. The Bertz CT molecular complexity index is 960. The minimum atomic E-state index is -0.885. The Morgan fingerprint density at radius 2 is 1.67 bits per heavy atom. The Kier molecular flexibility index (Phi) is 5.62. The SMILES string of the molecule is Cc1ccc(-c2ccc(CCC(=O)O)n2NC(=O)c2ccc(Cl)cc2)cc1. The first kappa shape index (κ1) is 18.7. The highest BCUT2D eigenvalue weighted by atomic mass is 35.5. The van der Waals surface area contributed by atoms with Gasteiger partial charge in [-0.15, -0.1) is 0 Å². The molecule has 6 heteroatoms. The normalized spacial score (nSPS) is 10.6. The molecule has 2 N–H and O–H groups in total. The number of aryl methyl sites for hydroxylation is 2. The molecule has 0 aliphatic heterocycles. The number of carboxylic acid groups (broad SMARTS) is 1. The Morgan fingerprint density at radius 1 is 1.00 bits per heavy atom. The van der Waals surface area contributed by atoms with Gasteiger partial charge in [-0.05, 0) is 43.3 Å². The maximum absolute atomic E-state index is 12.7. The number of rotatable bonds is 6. The van der Waals surface area contributed by atoms with Gasteiger partial charge in [0.05, 0.1) is 12.1 Å². The molecule has 1 amide bonds. The van der Waals surface area contributed by atoms with E-state index in [0.29, 0.717) is 17.0 Å². The highest BCUT2D eigenvalue weighted by Gasteiger charge is 2.15. The van der Waals surface area contributed by atoms with E-state index in [1.807, 2.05) is 43.3 Å². The van der Waals surface area contributed by atoms with Gasteiger partial charge in [-0.1, -0.05) is 41.4 Å². The molecule has 3 aromatic rings. The van der Waals surface area contributed by atoms with E-state index in [0.717, 1.165) is 22.5 Å². The number of nitrogens with one attached hydrogen (secondary N) is 1. The lowest BCUT2D eigenvalue weighted by Gasteiger charge is -2.15. The van der Waals surface area contributed by atoms with Crippen molar-refractivity contribution >= 4 is 23.5 Å². The Labute approximate surface area is 162 Å². The predicted molar refractivity (Wildman–Crippen MR) is 106 cm³/mol. The molecule has 0 fully saturated rings. The van der Waals surface area contributed by atoms with Crippen molar-refractivity contribution in [3.05, 3.63) is 82.5 Å². The molecule has 0 radical (unpaired) electrons. The summed E-state index contributed by atoms with van der Waals surface area (Å²) in [7, 11) is 0. The van der Waals surface area contributed by atoms with E-state index in [1.165, 1.54) is 0 Å². The number of nitrogens with zero attached hydrogens (tertiary/aromatic N) is 1. The van der Waals surface area contributed by atoms with Crippen molar-refractivity contribution < 1.29 is 14.7 Å². The fraction of sp³-hybridized carbons (Fsp3) is 0.143. The van der Waals surface area contributed by atoms with Crippen molar-refractivity contribution in [2.45, 2.75) is 19.8 Å². The molecule has 0 aliphatic rings. The van der Waals surface area contributed by atoms with E-state index in [1.54, 1.807) is 28.9 Å². The Hall–Kier alpha value is -3.05. The largest absolute Gasteiger partial charge is 0.481 e. The van der Waals surface area contributed by atoms with Gasteiger partial charge < -0.3 is 5.11 Å². The number of benzene rings is 2. The highest BCUT2D eigenvalue weighted by Crippen LogP contribution is 2.23. The summed E-state index contributed by atoms with van der Waals surface area (Å²) < 4.78 is 1.66. The molecular weight excluding hydrogens is 364 g/mol. The van der Waals surface area contributed by atoms with Crippen molar-refractivity contribution in [3.8, 4) is 11.3 Å². The number of aliphatic carboxylic acids is 1. The second-order valence-electron chi connectivity index (χ2n) is 6.25. The van der Waals surface area contributed by atoms with Gasteiger partial charge >= 0.3 is 5.97 Å². The third-order valence-electron chi connectivity index (χ3n) is 4.22. The average molecular weight is 383 g/mol. The molecular formula is C21H19ClN2O3. The van der Waals surface area contributed by atoms with Crippen LogP contribution in [0.1, 0.15) is 28.0 Å². The Morgan fingerprint density at radius 3 is 2.30 bits per heavy atom. The zero-order chi connectivity index (χ0) is 19.4. The summed E-state index contributed by atoms with van der Waals surface area (Å²) in [5.74, 6) is -1.18. The molecule has 1 aromatic heterocycles. The lowest BCUT2D eigenvalue weighted by atomic mass is 10.1. The van der Waals surface area contributed by atoms with Gasteiger partial charge in [0.2, 0.25) is 0 Å². The second kappa shape index (κ2) is 8.10. The van der Waals surface area contributed by atoms with E-state index in [4.69, 9.17) is 16.7 Å². The van der Waals surface area contributed by atoms with Crippen LogP contribution in [0, 0.1) is 6.92 Å². The molecule has 27 heavy (non-hydrogen) atoms. The molecule has 0 bridgehead atoms. The number of amides is 1. The molecule has 1 heterocycles. The van der Waals surface area contributed by atoms with Crippen molar-refractivity contribution in [2.75, 3.05) is 5.43 Å². The summed E-state index contributed by atoms with van der Waals surface area (Å²) in [5.41, 5.74) is 6.91. The van der Waals surface area contributed by atoms with Gasteiger partial charge in [-0.3, -0.25) is 19.7 Å². The van der Waals surface area contributed by atoms with Crippen LogP contribution in [-0.2, 0) is 11.2 Å². The van der Waals surface area contributed by atoms with Crippen molar-refractivity contribution in [1.82, 2.24) is 4.68 Å². The summed E-state index contributed by atoms with van der Waals surface area (Å²) in [6.45, 7) is 2.00. The summed E-state index contributed by atoms with van der Waals surface area (Å²) in [6, 6.07) is 18.2. The van der Waals surface area contributed by atoms with Gasteiger partial charge in [0.1, 0.15) is 0 Å². The molecule has 0 aliphatic carbocycles. The van der Waals surface area contributed by atoms with Crippen molar-refractivity contribution in [2.24, 2.45) is 0 Å². The summed E-state index contributed by atoms with van der Waals surface area (Å²) in [6.07, 6.45) is 0.288.